The van der Waals surface area contributed by atoms with Crippen LogP contribution in [0.3, 0.4) is 0 Å². The van der Waals surface area contributed by atoms with Crippen molar-refractivity contribution < 1.29 is 23.1 Å². The third-order valence-electron chi connectivity index (χ3n) is 3.43. The van der Waals surface area contributed by atoms with E-state index < -0.39 is 35.0 Å². The van der Waals surface area contributed by atoms with Gasteiger partial charge in [0.25, 0.3) is 0 Å². The molecule has 1 aliphatic rings. The maximum Gasteiger partial charge on any atom is 0.410 e. The molecule has 0 saturated carbocycles. The van der Waals surface area contributed by atoms with Gasteiger partial charge in [0.2, 0.25) is 0 Å². The lowest BCUT2D eigenvalue weighted by atomic mass is 9.96. The quantitative estimate of drug-likeness (QED) is 0.786. The van der Waals surface area contributed by atoms with Crippen LogP contribution >= 0.6 is 0 Å². The topological polar surface area (TPSA) is 46.6 Å². The SMILES string of the molecule is CC(C)(C)OC(=O)N1CCC(C(=O)c2cccc(F)c2F)C1. The first-order valence-corrected chi connectivity index (χ1v) is 7.15. The van der Waals surface area contributed by atoms with Crippen molar-refractivity contribution in [1.29, 1.82) is 0 Å². The number of ketones is 1. The lowest BCUT2D eigenvalue weighted by Gasteiger charge is -2.24. The fourth-order valence-corrected chi connectivity index (χ4v) is 2.38. The van der Waals surface area contributed by atoms with Crippen LogP contribution in [0.2, 0.25) is 0 Å². The number of hydrogen-bond acceptors (Lipinski definition) is 3. The number of ether oxygens (including phenoxy) is 1. The monoisotopic (exact) mass is 311 g/mol. The van der Waals surface area contributed by atoms with Crippen molar-refractivity contribution in [3.8, 4) is 0 Å². The number of carbonyl (C=O) groups excluding carboxylic acids is 2. The second-order valence-electron chi connectivity index (χ2n) is 6.38. The molecule has 22 heavy (non-hydrogen) atoms. The highest BCUT2D eigenvalue weighted by atomic mass is 19.2. The normalized spacial score (nSPS) is 18.4. The summed E-state index contributed by atoms with van der Waals surface area (Å²) >= 11 is 0. The van der Waals surface area contributed by atoms with Crippen molar-refractivity contribution in [3.63, 3.8) is 0 Å². The number of rotatable bonds is 2. The Morgan fingerprint density at radius 1 is 1.27 bits per heavy atom. The van der Waals surface area contributed by atoms with Crippen LogP contribution in [0.5, 0.6) is 0 Å². The summed E-state index contributed by atoms with van der Waals surface area (Å²) in [6.07, 6.45) is -0.0869. The van der Waals surface area contributed by atoms with E-state index in [0.717, 1.165) is 6.07 Å². The zero-order valence-electron chi connectivity index (χ0n) is 12.9. The molecule has 2 rings (SSSR count). The van der Waals surface area contributed by atoms with Gasteiger partial charge in [0.15, 0.2) is 17.4 Å². The van der Waals surface area contributed by atoms with Gasteiger partial charge in [-0.3, -0.25) is 4.79 Å². The van der Waals surface area contributed by atoms with Crippen LogP contribution < -0.4 is 0 Å². The largest absolute Gasteiger partial charge is 0.444 e. The Labute approximate surface area is 128 Å². The molecule has 1 saturated heterocycles. The molecule has 0 N–H and O–H groups in total. The van der Waals surface area contributed by atoms with Gasteiger partial charge in [-0.25, -0.2) is 13.6 Å². The maximum atomic E-state index is 13.7. The van der Waals surface area contributed by atoms with E-state index >= 15 is 0 Å². The van der Waals surface area contributed by atoms with Crippen molar-refractivity contribution in [2.75, 3.05) is 13.1 Å². The van der Waals surface area contributed by atoms with Crippen molar-refractivity contribution in [2.45, 2.75) is 32.8 Å². The summed E-state index contributed by atoms with van der Waals surface area (Å²) in [7, 11) is 0. The Bertz CT molecular complexity index is 596. The minimum Gasteiger partial charge on any atom is -0.444 e. The van der Waals surface area contributed by atoms with Gasteiger partial charge in [-0.2, -0.15) is 0 Å². The van der Waals surface area contributed by atoms with E-state index in [0.29, 0.717) is 13.0 Å². The Morgan fingerprint density at radius 3 is 2.59 bits per heavy atom. The van der Waals surface area contributed by atoms with E-state index in [1.807, 2.05) is 0 Å². The highest BCUT2D eigenvalue weighted by Crippen LogP contribution is 2.24. The van der Waals surface area contributed by atoms with E-state index in [9.17, 15) is 18.4 Å². The van der Waals surface area contributed by atoms with Gasteiger partial charge in [-0.05, 0) is 39.3 Å². The summed E-state index contributed by atoms with van der Waals surface area (Å²) in [6, 6.07) is 3.52. The average molecular weight is 311 g/mol. The molecule has 120 valence electrons. The van der Waals surface area contributed by atoms with Crippen LogP contribution in [0.25, 0.3) is 0 Å². The molecule has 0 aromatic heterocycles. The van der Waals surface area contributed by atoms with E-state index in [4.69, 9.17) is 4.74 Å². The fraction of sp³-hybridized carbons (Fsp3) is 0.500. The molecule has 0 bridgehead atoms. The first-order chi connectivity index (χ1) is 10.2. The summed E-state index contributed by atoms with van der Waals surface area (Å²) < 4.78 is 32.1. The molecule has 1 fully saturated rings. The van der Waals surface area contributed by atoms with Gasteiger partial charge >= 0.3 is 6.09 Å². The third-order valence-corrected chi connectivity index (χ3v) is 3.43. The fourth-order valence-electron chi connectivity index (χ4n) is 2.38. The molecule has 1 aromatic carbocycles. The van der Waals surface area contributed by atoms with Gasteiger partial charge < -0.3 is 9.64 Å². The first kappa shape index (κ1) is 16.4. The molecule has 1 atom stereocenters. The number of likely N-dealkylation sites (tertiary alicyclic amines) is 1. The van der Waals surface area contributed by atoms with Gasteiger partial charge in [0.1, 0.15) is 5.60 Å². The van der Waals surface area contributed by atoms with Crippen molar-refractivity contribution in [3.05, 3.63) is 35.4 Å². The number of carbonyl (C=O) groups is 2. The Hall–Kier alpha value is -1.98. The molecule has 6 heteroatoms. The number of nitrogens with zero attached hydrogens (tertiary/aromatic N) is 1. The van der Waals surface area contributed by atoms with Crippen molar-refractivity contribution in [1.82, 2.24) is 4.90 Å². The Morgan fingerprint density at radius 2 is 1.95 bits per heavy atom. The van der Waals surface area contributed by atoms with E-state index in [2.05, 4.69) is 0 Å². The maximum absolute atomic E-state index is 13.7. The first-order valence-electron chi connectivity index (χ1n) is 7.15. The molecule has 0 aliphatic carbocycles. The molecule has 0 radical (unpaired) electrons. The molecule has 0 spiro atoms. The van der Waals surface area contributed by atoms with Gasteiger partial charge in [0.05, 0.1) is 5.56 Å². The summed E-state index contributed by atoms with van der Waals surface area (Å²) in [5.41, 5.74) is -0.885. The van der Waals surface area contributed by atoms with E-state index in [-0.39, 0.29) is 12.1 Å². The summed E-state index contributed by atoms with van der Waals surface area (Å²) in [6.45, 7) is 5.79. The Balaban J connectivity index is 2.05. The molecule has 1 amide bonds. The lowest BCUT2D eigenvalue weighted by Crippen LogP contribution is -2.36. The molecule has 1 unspecified atom stereocenters. The lowest BCUT2D eigenvalue weighted by molar-refractivity contribution is 0.0289. The summed E-state index contributed by atoms with van der Waals surface area (Å²) in [4.78, 5) is 25.7. The van der Waals surface area contributed by atoms with E-state index in [1.54, 1.807) is 20.8 Å². The second-order valence-corrected chi connectivity index (χ2v) is 6.38. The minimum atomic E-state index is -1.14. The smallest absolute Gasteiger partial charge is 0.410 e. The molecule has 1 aliphatic heterocycles. The standard InChI is InChI=1S/C16H19F2NO3/c1-16(2,3)22-15(21)19-8-7-10(9-19)14(20)11-5-4-6-12(17)13(11)18/h4-6,10H,7-9H2,1-3H3. The molecular formula is C16H19F2NO3. The number of amides is 1. The molecule has 4 nitrogen and oxygen atoms in total. The second kappa shape index (κ2) is 6.02. The third kappa shape index (κ3) is 3.61. The summed E-state index contributed by atoms with van der Waals surface area (Å²) in [5, 5.41) is 0. The van der Waals surface area contributed by atoms with Gasteiger partial charge in [-0.15, -0.1) is 0 Å². The zero-order chi connectivity index (χ0) is 16.5. The highest BCUT2D eigenvalue weighted by Gasteiger charge is 2.34. The zero-order valence-corrected chi connectivity index (χ0v) is 12.9. The molecular weight excluding hydrogens is 292 g/mol. The predicted molar refractivity (Wildman–Crippen MR) is 76.6 cm³/mol. The van der Waals surface area contributed by atoms with Gasteiger partial charge in [-0.1, -0.05) is 6.07 Å². The van der Waals surface area contributed by atoms with Crippen LogP contribution in [0.4, 0.5) is 13.6 Å². The molecule has 1 heterocycles. The van der Waals surface area contributed by atoms with Crippen LogP contribution in [0.15, 0.2) is 18.2 Å². The number of Topliss-reactive ketones (excluding diaryl/α,β-unsaturated/α-hetero) is 1. The van der Waals surface area contributed by atoms with Crippen LogP contribution in [0.1, 0.15) is 37.6 Å². The number of halogens is 2. The Kier molecular flexibility index (Phi) is 4.49. The van der Waals surface area contributed by atoms with Crippen LogP contribution in [-0.4, -0.2) is 35.5 Å². The number of hydrogen-bond donors (Lipinski definition) is 0. The predicted octanol–water partition coefficient (Wildman–Crippen LogP) is 3.40. The molecule has 1 aromatic rings. The highest BCUT2D eigenvalue weighted by molar-refractivity contribution is 5.98. The minimum absolute atomic E-state index is 0.156. The van der Waals surface area contributed by atoms with Crippen LogP contribution in [0, 0.1) is 17.6 Å². The van der Waals surface area contributed by atoms with Crippen molar-refractivity contribution in [2.24, 2.45) is 5.92 Å². The number of benzene rings is 1. The van der Waals surface area contributed by atoms with Crippen LogP contribution in [-0.2, 0) is 4.74 Å². The average Bonchev–Trinajstić information content (AvgIpc) is 2.89. The summed E-state index contributed by atoms with van der Waals surface area (Å²) in [5.74, 6) is -3.21. The van der Waals surface area contributed by atoms with Gasteiger partial charge in [0, 0.05) is 19.0 Å². The van der Waals surface area contributed by atoms with E-state index in [1.165, 1.54) is 17.0 Å². The van der Waals surface area contributed by atoms with Crippen molar-refractivity contribution >= 4 is 11.9 Å².